The maximum Gasteiger partial charge on any atom is 0.407 e. The zero-order chi connectivity index (χ0) is 31.5. The fourth-order valence-corrected chi connectivity index (χ4v) is 10.7. The molecule has 0 aromatic carbocycles. The predicted molar refractivity (Wildman–Crippen MR) is 155 cm³/mol. The number of alkyl carbamates (subject to hydrolysis) is 3. The number of ether oxygens (including phenoxy) is 3. The second kappa shape index (κ2) is 16.1. The van der Waals surface area contributed by atoms with E-state index in [9.17, 15) is 39.6 Å². The Balaban J connectivity index is 1.36. The van der Waals surface area contributed by atoms with Crippen LogP contribution in [0, 0.1) is 17.8 Å². The highest BCUT2D eigenvalue weighted by atomic mass is 32.2. The Morgan fingerprint density at radius 2 is 0.814 bits per heavy atom. The normalized spacial score (nSPS) is 25.2. The molecule has 0 aromatic heterocycles. The summed E-state index contributed by atoms with van der Waals surface area (Å²) in [6, 6.07) is 0. The molecule has 3 aliphatic rings. The second-order valence-electron chi connectivity index (χ2n) is 11.2. The number of nitrogens with zero attached hydrogens (tertiary/aromatic N) is 1. The first kappa shape index (κ1) is 35.1. The van der Waals surface area contributed by atoms with Crippen molar-refractivity contribution in [2.75, 3.05) is 93.6 Å². The highest BCUT2D eigenvalue weighted by Crippen LogP contribution is 2.19. The van der Waals surface area contributed by atoms with E-state index < -0.39 is 47.8 Å². The van der Waals surface area contributed by atoms with E-state index in [1.54, 1.807) is 4.90 Å². The molecule has 3 unspecified atom stereocenters. The van der Waals surface area contributed by atoms with Crippen molar-refractivity contribution in [2.45, 2.75) is 19.3 Å². The van der Waals surface area contributed by atoms with E-state index in [4.69, 9.17) is 14.2 Å². The first-order valence-corrected chi connectivity index (χ1v) is 19.7. The molecule has 248 valence electrons. The smallest absolute Gasteiger partial charge is 0.407 e. The molecule has 0 aromatic rings. The van der Waals surface area contributed by atoms with Gasteiger partial charge < -0.3 is 30.2 Å². The quantitative estimate of drug-likeness (QED) is 0.174. The van der Waals surface area contributed by atoms with Crippen LogP contribution in [0.5, 0.6) is 0 Å². The van der Waals surface area contributed by atoms with Gasteiger partial charge in [-0.1, -0.05) is 0 Å². The topological polar surface area (TPSA) is 221 Å². The molecule has 3 fully saturated rings. The van der Waals surface area contributed by atoms with Crippen molar-refractivity contribution in [2.24, 2.45) is 17.8 Å². The van der Waals surface area contributed by atoms with Gasteiger partial charge in [0.15, 0.2) is 29.5 Å². The van der Waals surface area contributed by atoms with Gasteiger partial charge in [0.2, 0.25) is 0 Å². The Morgan fingerprint density at radius 3 is 1.05 bits per heavy atom. The van der Waals surface area contributed by atoms with Crippen molar-refractivity contribution in [3.05, 3.63) is 0 Å². The summed E-state index contributed by atoms with van der Waals surface area (Å²) in [7, 11) is -9.17. The summed E-state index contributed by atoms with van der Waals surface area (Å²) in [6.07, 6.45) is -0.638. The van der Waals surface area contributed by atoms with Crippen molar-refractivity contribution in [3.63, 3.8) is 0 Å². The van der Waals surface area contributed by atoms with Crippen LogP contribution in [-0.2, 0) is 43.7 Å². The van der Waals surface area contributed by atoms with Crippen LogP contribution < -0.4 is 16.0 Å². The fraction of sp³-hybridized carbons (Fsp3) is 0.875. The fourth-order valence-electron chi connectivity index (χ4n) is 5.07. The minimum Gasteiger partial charge on any atom is -0.448 e. The Hall–Kier alpha value is -2.38. The zero-order valence-corrected chi connectivity index (χ0v) is 26.5. The first-order chi connectivity index (χ1) is 20.2. The van der Waals surface area contributed by atoms with E-state index in [0.29, 0.717) is 19.3 Å². The van der Waals surface area contributed by atoms with Crippen molar-refractivity contribution < 1.29 is 53.8 Å². The Labute approximate surface area is 252 Å². The lowest BCUT2D eigenvalue weighted by atomic mass is 10.1. The second-order valence-corrected chi connectivity index (χ2v) is 17.9. The molecule has 3 atom stereocenters. The molecule has 3 heterocycles. The number of nitrogens with one attached hydrogen (secondary N) is 3. The van der Waals surface area contributed by atoms with Gasteiger partial charge in [0.25, 0.3) is 0 Å². The summed E-state index contributed by atoms with van der Waals surface area (Å²) in [4.78, 5) is 37.9. The number of hydrogen-bond acceptors (Lipinski definition) is 13. The van der Waals surface area contributed by atoms with Gasteiger partial charge in [-0.25, -0.2) is 39.6 Å². The third-order valence-corrected chi connectivity index (χ3v) is 13.0. The molecular weight excluding hydrogens is 632 g/mol. The first-order valence-electron chi connectivity index (χ1n) is 14.3. The van der Waals surface area contributed by atoms with Crippen LogP contribution >= 0.6 is 0 Å². The molecule has 3 rings (SSSR count). The largest absolute Gasteiger partial charge is 0.448 e. The van der Waals surface area contributed by atoms with Gasteiger partial charge in [-0.2, -0.15) is 0 Å². The molecule has 3 saturated heterocycles. The lowest BCUT2D eigenvalue weighted by Gasteiger charge is -2.22. The summed E-state index contributed by atoms with van der Waals surface area (Å²) in [5.41, 5.74) is 0. The molecule has 16 nitrogen and oxygen atoms in total. The predicted octanol–water partition coefficient (Wildman–Crippen LogP) is -1.23. The van der Waals surface area contributed by atoms with E-state index >= 15 is 0 Å². The molecule has 0 radical (unpaired) electrons. The molecule has 19 heteroatoms. The minimum atomic E-state index is -3.06. The Bertz CT molecular complexity index is 1130. The third kappa shape index (κ3) is 13.9. The number of sulfone groups is 3. The van der Waals surface area contributed by atoms with Gasteiger partial charge in [-0.05, 0) is 37.0 Å². The van der Waals surface area contributed by atoms with Gasteiger partial charge in [0, 0.05) is 39.3 Å². The SMILES string of the molecule is O=C(NCC1CCS(=O)(=O)C1)OCCN(CCOC(=O)NCC1CCS(=O)(=O)C1)CCOC(=O)NCC1CCS(=O)(=O)C1. The standard InChI is InChI=1S/C24H42N4O12S3/c29-22(25-13-19-1-10-41(32,33)16-19)38-7-4-28(5-8-39-23(30)26-14-20-2-11-42(34,35)17-20)6-9-40-24(31)27-15-21-3-12-43(36,37)18-21/h19-21H,1-18H2,(H,25,29)(H,26,30)(H,27,31). The van der Waals surface area contributed by atoms with E-state index in [2.05, 4.69) is 16.0 Å². The van der Waals surface area contributed by atoms with Gasteiger partial charge in [0.1, 0.15) is 19.8 Å². The lowest BCUT2D eigenvalue weighted by Crippen LogP contribution is -2.38. The summed E-state index contributed by atoms with van der Waals surface area (Å²) >= 11 is 0. The van der Waals surface area contributed by atoms with Crippen LogP contribution in [0.25, 0.3) is 0 Å². The van der Waals surface area contributed by atoms with Crippen LogP contribution in [0.2, 0.25) is 0 Å². The van der Waals surface area contributed by atoms with Gasteiger partial charge in [-0.3, -0.25) is 4.90 Å². The van der Waals surface area contributed by atoms with E-state index in [1.165, 1.54) is 0 Å². The third-order valence-electron chi connectivity index (χ3n) is 7.51. The Kier molecular flexibility index (Phi) is 13.1. The minimum absolute atomic E-state index is 0.0295. The molecule has 0 saturated carbocycles. The van der Waals surface area contributed by atoms with E-state index in [-0.39, 0.29) is 111 Å². The highest BCUT2D eigenvalue weighted by Gasteiger charge is 2.30. The number of amides is 3. The van der Waals surface area contributed by atoms with Crippen molar-refractivity contribution >= 4 is 47.8 Å². The van der Waals surface area contributed by atoms with Crippen LogP contribution in [0.3, 0.4) is 0 Å². The lowest BCUT2D eigenvalue weighted by molar-refractivity contribution is 0.0891. The van der Waals surface area contributed by atoms with E-state index in [1.807, 2.05) is 0 Å². The summed E-state index contributed by atoms with van der Waals surface area (Å²) in [5, 5.41) is 7.69. The summed E-state index contributed by atoms with van der Waals surface area (Å²) in [6.45, 7) is 1.06. The Morgan fingerprint density at radius 1 is 0.535 bits per heavy atom. The van der Waals surface area contributed by atoms with Crippen LogP contribution in [0.1, 0.15) is 19.3 Å². The summed E-state index contributed by atoms with van der Waals surface area (Å²) < 4.78 is 84.9. The van der Waals surface area contributed by atoms with Gasteiger partial charge >= 0.3 is 18.3 Å². The van der Waals surface area contributed by atoms with Crippen LogP contribution in [-0.4, -0.2) is 142 Å². The van der Waals surface area contributed by atoms with Crippen LogP contribution in [0.15, 0.2) is 0 Å². The molecule has 3 amide bonds. The summed E-state index contributed by atoms with van der Waals surface area (Å²) in [5.74, 6) is -0.0618. The monoisotopic (exact) mass is 674 g/mol. The molecule has 0 bridgehead atoms. The molecule has 0 aliphatic carbocycles. The number of carbonyl (C=O) groups is 3. The maximum atomic E-state index is 12.1. The number of rotatable bonds is 15. The molecule has 3 aliphatic heterocycles. The average molecular weight is 675 g/mol. The molecule has 43 heavy (non-hydrogen) atoms. The van der Waals surface area contributed by atoms with Crippen molar-refractivity contribution in [1.29, 1.82) is 0 Å². The van der Waals surface area contributed by atoms with Crippen molar-refractivity contribution in [3.8, 4) is 0 Å². The molecular formula is C24H42N4O12S3. The number of carbonyl (C=O) groups excluding carboxylic acids is 3. The zero-order valence-electron chi connectivity index (χ0n) is 24.0. The van der Waals surface area contributed by atoms with Crippen molar-refractivity contribution in [1.82, 2.24) is 20.9 Å². The van der Waals surface area contributed by atoms with Crippen LogP contribution in [0.4, 0.5) is 14.4 Å². The van der Waals surface area contributed by atoms with Gasteiger partial charge in [0.05, 0.1) is 34.5 Å². The highest BCUT2D eigenvalue weighted by molar-refractivity contribution is 7.92. The molecule has 3 N–H and O–H groups in total. The van der Waals surface area contributed by atoms with E-state index in [0.717, 1.165) is 0 Å². The number of hydrogen-bond donors (Lipinski definition) is 3. The van der Waals surface area contributed by atoms with Gasteiger partial charge in [-0.15, -0.1) is 0 Å². The maximum absolute atomic E-state index is 12.1. The molecule has 0 spiro atoms. The average Bonchev–Trinajstić information content (AvgIpc) is 3.58.